The van der Waals surface area contributed by atoms with Gasteiger partial charge in [-0.3, -0.25) is 4.79 Å². The van der Waals surface area contributed by atoms with Crippen LogP contribution >= 0.6 is 0 Å². The van der Waals surface area contributed by atoms with Crippen molar-refractivity contribution in [3.8, 4) is 0 Å². The number of hydrogen-bond acceptors (Lipinski definition) is 2. The molecule has 3 nitrogen and oxygen atoms in total. The van der Waals surface area contributed by atoms with Crippen molar-refractivity contribution in [2.45, 2.75) is 33.1 Å². The molecule has 0 bridgehead atoms. The van der Waals surface area contributed by atoms with Crippen LogP contribution in [-0.2, 0) is 4.79 Å². The number of hydrogen-bond donors (Lipinski definition) is 1. The molecule has 0 saturated heterocycles. The molecule has 1 saturated carbocycles. The number of benzene rings is 1. The normalized spacial score (nSPS) is 23.0. The monoisotopic (exact) mass is 244 g/mol. The summed E-state index contributed by atoms with van der Waals surface area (Å²) < 4.78 is 0. The molecular weight excluding hydrogens is 224 g/mol. The smallest absolute Gasteiger partial charge is 0.243 e. The fourth-order valence-corrected chi connectivity index (χ4v) is 1.91. The van der Waals surface area contributed by atoms with E-state index in [1.807, 2.05) is 25.1 Å². The summed E-state index contributed by atoms with van der Waals surface area (Å²) in [5.74, 6) is 0.884. The zero-order valence-electron chi connectivity index (χ0n) is 11.2. The molecule has 3 heteroatoms. The number of carbonyl (C=O) groups is 1. The molecule has 1 amide bonds. The molecule has 96 valence electrons. The minimum atomic E-state index is 0.0452. The number of carbonyl (C=O) groups excluding carboxylic acids is 1. The molecule has 2 atom stereocenters. The van der Waals surface area contributed by atoms with Crippen molar-refractivity contribution in [2.75, 3.05) is 0 Å². The van der Waals surface area contributed by atoms with Gasteiger partial charge in [0.15, 0.2) is 0 Å². The van der Waals surface area contributed by atoms with Gasteiger partial charge in [-0.2, -0.15) is 5.10 Å². The van der Waals surface area contributed by atoms with Crippen molar-refractivity contribution in [1.82, 2.24) is 5.43 Å². The Labute approximate surface area is 108 Å². The lowest BCUT2D eigenvalue weighted by Gasteiger charge is -2.04. The van der Waals surface area contributed by atoms with E-state index >= 15 is 0 Å². The minimum absolute atomic E-state index is 0.0452. The Balaban J connectivity index is 1.89. The standard InChI is InChI=1S/C15H20N2O/c1-10(2)11(3)16-17-15(18)14-9-13(14)12-7-5-4-6-8-12/h4-8,10,13-14H,9H2,1-3H3,(H,17,18). The number of rotatable bonds is 4. The van der Waals surface area contributed by atoms with Gasteiger partial charge in [0.2, 0.25) is 5.91 Å². The predicted molar refractivity (Wildman–Crippen MR) is 73.4 cm³/mol. The van der Waals surface area contributed by atoms with Gasteiger partial charge in [-0.1, -0.05) is 44.2 Å². The van der Waals surface area contributed by atoms with E-state index in [9.17, 15) is 4.79 Å². The highest BCUT2D eigenvalue weighted by Gasteiger charge is 2.43. The molecule has 0 heterocycles. The highest BCUT2D eigenvalue weighted by atomic mass is 16.2. The molecular formula is C15H20N2O. The predicted octanol–water partition coefficient (Wildman–Crippen LogP) is 2.94. The number of nitrogens with zero attached hydrogens (tertiary/aromatic N) is 1. The molecule has 1 N–H and O–H groups in total. The van der Waals surface area contributed by atoms with Gasteiger partial charge < -0.3 is 0 Å². The van der Waals surface area contributed by atoms with Gasteiger partial charge >= 0.3 is 0 Å². The van der Waals surface area contributed by atoms with Gasteiger partial charge in [-0.25, -0.2) is 5.43 Å². The van der Waals surface area contributed by atoms with Crippen LogP contribution in [0.3, 0.4) is 0 Å². The van der Waals surface area contributed by atoms with E-state index in [0.717, 1.165) is 12.1 Å². The van der Waals surface area contributed by atoms with E-state index in [1.54, 1.807) is 0 Å². The maximum Gasteiger partial charge on any atom is 0.243 e. The van der Waals surface area contributed by atoms with Crippen molar-refractivity contribution in [3.05, 3.63) is 35.9 Å². The van der Waals surface area contributed by atoms with Crippen molar-refractivity contribution in [3.63, 3.8) is 0 Å². The molecule has 1 fully saturated rings. The summed E-state index contributed by atoms with van der Waals surface area (Å²) in [6.07, 6.45) is 0.937. The highest BCUT2D eigenvalue weighted by molar-refractivity contribution is 5.87. The van der Waals surface area contributed by atoms with E-state index in [1.165, 1.54) is 5.56 Å². The molecule has 1 aliphatic carbocycles. The first-order chi connectivity index (χ1) is 8.59. The first-order valence-electron chi connectivity index (χ1n) is 6.48. The van der Waals surface area contributed by atoms with Gasteiger partial charge in [0.1, 0.15) is 0 Å². The fraction of sp³-hybridized carbons (Fsp3) is 0.467. The molecule has 1 aliphatic rings. The van der Waals surface area contributed by atoms with Gasteiger partial charge in [0.05, 0.1) is 0 Å². The number of hydrazone groups is 1. The van der Waals surface area contributed by atoms with Crippen LogP contribution in [0.5, 0.6) is 0 Å². The highest BCUT2D eigenvalue weighted by Crippen LogP contribution is 2.47. The lowest BCUT2D eigenvalue weighted by Crippen LogP contribution is -2.22. The van der Waals surface area contributed by atoms with Gasteiger partial charge in [-0.15, -0.1) is 0 Å². The Morgan fingerprint density at radius 2 is 2.00 bits per heavy atom. The third-order valence-electron chi connectivity index (χ3n) is 3.53. The zero-order valence-corrected chi connectivity index (χ0v) is 11.2. The Hall–Kier alpha value is -1.64. The molecule has 2 rings (SSSR count). The van der Waals surface area contributed by atoms with Crippen molar-refractivity contribution >= 4 is 11.6 Å². The summed E-state index contributed by atoms with van der Waals surface area (Å²) in [5, 5.41) is 4.13. The molecule has 0 radical (unpaired) electrons. The van der Waals surface area contributed by atoms with Crippen molar-refractivity contribution in [2.24, 2.45) is 16.9 Å². The Kier molecular flexibility index (Phi) is 3.80. The average molecular weight is 244 g/mol. The lowest BCUT2D eigenvalue weighted by molar-refractivity contribution is -0.122. The maximum atomic E-state index is 11.9. The van der Waals surface area contributed by atoms with Crippen molar-refractivity contribution < 1.29 is 4.79 Å². The van der Waals surface area contributed by atoms with E-state index < -0.39 is 0 Å². The van der Waals surface area contributed by atoms with Crippen LogP contribution in [-0.4, -0.2) is 11.6 Å². The lowest BCUT2D eigenvalue weighted by atomic mass is 10.1. The van der Waals surface area contributed by atoms with Gasteiger partial charge in [0, 0.05) is 11.6 Å². The van der Waals surface area contributed by atoms with Crippen molar-refractivity contribution in [1.29, 1.82) is 0 Å². The largest absolute Gasteiger partial charge is 0.273 e. The summed E-state index contributed by atoms with van der Waals surface area (Å²) in [5.41, 5.74) is 4.89. The third-order valence-corrected chi connectivity index (χ3v) is 3.53. The van der Waals surface area contributed by atoms with E-state index in [4.69, 9.17) is 0 Å². The average Bonchev–Trinajstić information content (AvgIpc) is 3.16. The number of nitrogens with one attached hydrogen (secondary N) is 1. The van der Waals surface area contributed by atoms with Crippen LogP contribution in [0.2, 0.25) is 0 Å². The van der Waals surface area contributed by atoms with Crippen LogP contribution in [0.15, 0.2) is 35.4 Å². The van der Waals surface area contributed by atoms with E-state index in [0.29, 0.717) is 11.8 Å². The van der Waals surface area contributed by atoms with Crippen LogP contribution in [0, 0.1) is 11.8 Å². The first kappa shape index (κ1) is 12.8. The first-order valence-corrected chi connectivity index (χ1v) is 6.48. The summed E-state index contributed by atoms with van der Waals surface area (Å²) in [4.78, 5) is 11.9. The molecule has 2 unspecified atom stereocenters. The molecule has 0 aliphatic heterocycles. The maximum absolute atomic E-state index is 11.9. The molecule has 0 spiro atoms. The Morgan fingerprint density at radius 1 is 1.33 bits per heavy atom. The molecule has 1 aromatic rings. The summed E-state index contributed by atoms with van der Waals surface area (Å²) in [6.45, 7) is 6.07. The van der Waals surface area contributed by atoms with Crippen LogP contribution < -0.4 is 5.43 Å². The van der Waals surface area contributed by atoms with Gasteiger partial charge in [0.25, 0.3) is 0 Å². The Morgan fingerprint density at radius 3 is 2.61 bits per heavy atom. The van der Waals surface area contributed by atoms with Crippen LogP contribution in [0.1, 0.15) is 38.7 Å². The summed E-state index contributed by atoms with van der Waals surface area (Å²) in [6, 6.07) is 10.2. The fourth-order valence-electron chi connectivity index (χ4n) is 1.91. The van der Waals surface area contributed by atoms with Crippen LogP contribution in [0.25, 0.3) is 0 Å². The second-order valence-electron chi connectivity index (χ2n) is 5.24. The summed E-state index contributed by atoms with van der Waals surface area (Å²) >= 11 is 0. The molecule has 1 aromatic carbocycles. The second-order valence-corrected chi connectivity index (χ2v) is 5.24. The third kappa shape index (κ3) is 2.97. The van der Waals surface area contributed by atoms with E-state index in [-0.39, 0.29) is 11.8 Å². The van der Waals surface area contributed by atoms with Crippen LogP contribution in [0.4, 0.5) is 0 Å². The quantitative estimate of drug-likeness (QED) is 0.642. The van der Waals surface area contributed by atoms with Gasteiger partial charge in [-0.05, 0) is 30.7 Å². The SMILES string of the molecule is CC(=NNC(=O)C1CC1c1ccccc1)C(C)C. The summed E-state index contributed by atoms with van der Waals surface area (Å²) in [7, 11) is 0. The Bertz CT molecular complexity index is 451. The molecule has 0 aromatic heterocycles. The number of amides is 1. The second kappa shape index (κ2) is 5.34. The molecule has 18 heavy (non-hydrogen) atoms. The zero-order chi connectivity index (χ0) is 13.1. The topological polar surface area (TPSA) is 41.5 Å². The van der Waals surface area contributed by atoms with E-state index in [2.05, 4.69) is 36.5 Å². The minimum Gasteiger partial charge on any atom is -0.273 e.